The number of rotatable bonds is 4. The van der Waals surface area contributed by atoms with Gasteiger partial charge in [-0.25, -0.2) is 4.79 Å². The summed E-state index contributed by atoms with van der Waals surface area (Å²) in [7, 11) is 0. The van der Waals surface area contributed by atoms with E-state index in [0.717, 1.165) is 23.8 Å². The standard InChI is InChI=1S/C18H24N2O3/c1-18(22,16-11-13-7-5-6-10-15(13)23-16)12-19-17(21)20-14-8-3-2-4-9-14/h5-7,10-11,14,22H,2-4,8-9,12H2,1H3,(H2,19,20,21). The molecule has 3 N–H and O–H groups in total. The molecular weight excluding hydrogens is 292 g/mol. The van der Waals surface area contributed by atoms with E-state index in [0.29, 0.717) is 5.76 Å². The number of carbonyl (C=O) groups excluding carboxylic acids is 1. The van der Waals surface area contributed by atoms with Gasteiger partial charge in [-0.05, 0) is 31.9 Å². The number of para-hydroxylation sites is 1. The van der Waals surface area contributed by atoms with Crippen LogP contribution in [-0.2, 0) is 5.60 Å². The van der Waals surface area contributed by atoms with Gasteiger partial charge in [0, 0.05) is 11.4 Å². The fourth-order valence-corrected chi connectivity index (χ4v) is 3.07. The summed E-state index contributed by atoms with van der Waals surface area (Å²) in [6, 6.07) is 9.44. The highest BCUT2D eigenvalue weighted by Gasteiger charge is 2.28. The number of nitrogens with one attached hydrogen (secondary N) is 2. The fourth-order valence-electron chi connectivity index (χ4n) is 3.07. The number of urea groups is 1. The molecule has 0 spiro atoms. The Bertz CT molecular complexity index is 639. The van der Waals surface area contributed by atoms with Crippen molar-refractivity contribution in [1.29, 1.82) is 0 Å². The van der Waals surface area contributed by atoms with Crippen molar-refractivity contribution in [3.8, 4) is 0 Å². The van der Waals surface area contributed by atoms with Gasteiger partial charge >= 0.3 is 6.03 Å². The van der Waals surface area contributed by atoms with Crippen molar-refractivity contribution in [2.75, 3.05) is 6.54 Å². The molecule has 5 nitrogen and oxygen atoms in total. The molecule has 3 rings (SSSR count). The number of benzene rings is 1. The lowest BCUT2D eigenvalue weighted by molar-refractivity contribution is 0.0382. The van der Waals surface area contributed by atoms with Crippen LogP contribution in [0.2, 0.25) is 0 Å². The van der Waals surface area contributed by atoms with Crippen LogP contribution >= 0.6 is 0 Å². The van der Waals surface area contributed by atoms with Crippen LogP contribution in [0.25, 0.3) is 11.0 Å². The van der Waals surface area contributed by atoms with Crippen LogP contribution in [0.4, 0.5) is 4.79 Å². The first kappa shape index (κ1) is 15.9. The summed E-state index contributed by atoms with van der Waals surface area (Å²) in [5.41, 5.74) is -0.516. The Balaban J connectivity index is 1.58. The number of amides is 2. The molecule has 1 heterocycles. The SMILES string of the molecule is CC(O)(CNC(=O)NC1CCCCC1)c1cc2ccccc2o1. The smallest absolute Gasteiger partial charge is 0.315 e. The van der Waals surface area contributed by atoms with Gasteiger partial charge in [0.2, 0.25) is 0 Å². The van der Waals surface area contributed by atoms with E-state index in [1.165, 1.54) is 19.3 Å². The summed E-state index contributed by atoms with van der Waals surface area (Å²) >= 11 is 0. The molecule has 124 valence electrons. The van der Waals surface area contributed by atoms with Crippen LogP contribution in [0.15, 0.2) is 34.7 Å². The second-order valence-electron chi connectivity index (χ2n) is 6.58. The Morgan fingerprint density at radius 1 is 1.30 bits per heavy atom. The first-order chi connectivity index (χ1) is 11.0. The zero-order valence-corrected chi connectivity index (χ0v) is 13.5. The zero-order chi connectivity index (χ0) is 16.3. The van der Waals surface area contributed by atoms with E-state index in [2.05, 4.69) is 10.6 Å². The van der Waals surface area contributed by atoms with Crippen molar-refractivity contribution in [3.05, 3.63) is 36.1 Å². The van der Waals surface area contributed by atoms with Crippen molar-refractivity contribution in [2.45, 2.75) is 50.7 Å². The maximum absolute atomic E-state index is 12.0. The summed E-state index contributed by atoms with van der Waals surface area (Å²) in [5.74, 6) is 0.455. The number of aliphatic hydroxyl groups is 1. The molecule has 0 saturated heterocycles. The third kappa shape index (κ3) is 3.85. The molecule has 1 saturated carbocycles. The topological polar surface area (TPSA) is 74.5 Å². The minimum atomic E-state index is -1.25. The Morgan fingerprint density at radius 2 is 2.04 bits per heavy atom. The number of carbonyl (C=O) groups is 1. The van der Waals surface area contributed by atoms with Gasteiger partial charge < -0.3 is 20.2 Å². The Hall–Kier alpha value is -2.01. The highest BCUT2D eigenvalue weighted by atomic mass is 16.4. The molecule has 0 aliphatic heterocycles. The Labute approximate surface area is 136 Å². The van der Waals surface area contributed by atoms with Crippen molar-refractivity contribution < 1.29 is 14.3 Å². The van der Waals surface area contributed by atoms with Crippen molar-refractivity contribution >= 4 is 17.0 Å². The van der Waals surface area contributed by atoms with Crippen LogP contribution in [0, 0.1) is 0 Å². The quantitative estimate of drug-likeness (QED) is 0.810. The zero-order valence-electron chi connectivity index (χ0n) is 13.5. The lowest BCUT2D eigenvalue weighted by Gasteiger charge is -2.25. The lowest BCUT2D eigenvalue weighted by atomic mass is 9.96. The van der Waals surface area contributed by atoms with Gasteiger partial charge in [-0.15, -0.1) is 0 Å². The van der Waals surface area contributed by atoms with Gasteiger partial charge in [-0.3, -0.25) is 0 Å². The van der Waals surface area contributed by atoms with Crippen molar-refractivity contribution in [2.24, 2.45) is 0 Å². The van der Waals surface area contributed by atoms with Gasteiger partial charge in [-0.1, -0.05) is 37.5 Å². The minimum Gasteiger partial charge on any atom is -0.458 e. The van der Waals surface area contributed by atoms with Gasteiger partial charge in [-0.2, -0.15) is 0 Å². The lowest BCUT2D eigenvalue weighted by Crippen LogP contribution is -2.47. The fraction of sp³-hybridized carbons (Fsp3) is 0.500. The summed E-state index contributed by atoms with van der Waals surface area (Å²) in [6.45, 7) is 1.75. The van der Waals surface area contributed by atoms with Crippen LogP contribution in [0.5, 0.6) is 0 Å². The Kier molecular flexibility index (Phi) is 4.57. The molecule has 0 radical (unpaired) electrons. The van der Waals surface area contributed by atoms with Gasteiger partial charge in [0.1, 0.15) is 16.9 Å². The second kappa shape index (κ2) is 6.62. The molecular formula is C18H24N2O3. The molecule has 1 fully saturated rings. The maximum Gasteiger partial charge on any atom is 0.315 e. The highest BCUT2D eigenvalue weighted by molar-refractivity contribution is 5.78. The minimum absolute atomic E-state index is 0.103. The van der Waals surface area contributed by atoms with E-state index in [-0.39, 0.29) is 18.6 Å². The number of hydrogen-bond donors (Lipinski definition) is 3. The molecule has 2 aromatic rings. The normalized spacial score (nSPS) is 18.5. The second-order valence-corrected chi connectivity index (χ2v) is 6.58. The van der Waals surface area contributed by atoms with Crippen molar-refractivity contribution in [3.63, 3.8) is 0 Å². The van der Waals surface area contributed by atoms with Crippen LogP contribution in [0.1, 0.15) is 44.8 Å². The molecule has 1 aromatic heterocycles. The molecule has 1 unspecified atom stereocenters. The van der Waals surface area contributed by atoms with Crippen LogP contribution < -0.4 is 10.6 Å². The number of fused-ring (bicyclic) bond motifs is 1. The maximum atomic E-state index is 12.0. The van der Waals surface area contributed by atoms with E-state index in [4.69, 9.17) is 4.42 Å². The molecule has 2 amide bonds. The van der Waals surface area contributed by atoms with E-state index in [1.807, 2.05) is 30.3 Å². The monoisotopic (exact) mass is 316 g/mol. The first-order valence-electron chi connectivity index (χ1n) is 8.30. The summed E-state index contributed by atoms with van der Waals surface area (Å²) in [4.78, 5) is 12.0. The largest absolute Gasteiger partial charge is 0.458 e. The average Bonchev–Trinajstić information content (AvgIpc) is 2.99. The molecule has 0 bridgehead atoms. The van der Waals surface area contributed by atoms with E-state index < -0.39 is 5.60 Å². The van der Waals surface area contributed by atoms with Crippen LogP contribution in [0.3, 0.4) is 0 Å². The molecule has 1 aliphatic carbocycles. The van der Waals surface area contributed by atoms with Gasteiger partial charge in [0.25, 0.3) is 0 Å². The summed E-state index contributed by atoms with van der Waals surface area (Å²) in [5, 5.41) is 17.3. The highest BCUT2D eigenvalue weighted by Crippen LogP contribution is 2.27. The molecule has 1 atom stereocenters. The average molecular weight is 316 g/mol. The molecule has 23 heavy (non-hydrogen) atoms. The molecule has 1 aromatic carbocycles. The van der Waals surface area contributed by atoms with Crippen molar-refractivity contribution in [1.82, 2.24) is 10.6 Å². The molecule has 5 heteroatoms. The summed E-state index contributed by atoms with van der Waals surface area (Å²) < 4.78 is 5.69. The van der Waals surface area contributed by atoms with E-state index in [1.54, 1.807) is 6.92 Å². The van der Waals surface area contributed by atoms with E-state index >= 15 is 0 Å². The predicted molar refractivity (Wildman–Crippen MR) is 89.2 cm³/mol. The number of furan rings is 1. The number of hydrogen-bond acceptors (Lipinski definition) is 3. The van der Waals surface area contributed by atoms with Crippen LogP contribution in [-0.4, -0.2) is 23.7 Å². The molecule has 1 aliphatic rings. The Morgan fingerprint density at radius 3 is 2.78 bits per heavy atom. The first-order valence-corrected chi connectivity index (χ1v) is 8.30. The van der Waals surface area contributed by atoms with Gasteiger partial charge in [0.15, 0.2) is 0 Å². The van der Waals surface area contributed by atoms with Gasteiger partial charge in [0.05, 0.1) is 6.54 Å². The third-order valence-electron chi connectivity index (χ3n) is 4.49. The van der Waals surface area contributed by atoms with E-state index in [9.17, 15) is 9.90 Å². The predicted octanol–water partition coefficient (Wildman–Crippen LogP) is 3.27. The summed E-state index contributed by atoms with van der Waals surface area (Å²) in [6.07, 6.45) is 5.66. The third-order valence-corrected chi connectivity index (χ3v) is 4.49.